The summed E-state index contributed by atoms with van der Waals surface area (Å²) in [6, 6.07) is 0. The molecule has 2 heterocycles. The number of hydrogen-bond donors (Lipinski definition) is 1. The largest absolute Gasteiger partial charge is 0.476 e. The summed E-state index contributed by atoms with van der Waals surface area (Å²) >= 11 is 1.33. The number of carboxylic acid groups (broad SMARTS) is 1. The van der Waals surface area contributed by atoms with Crippen LogP contribution in [0.3, 0.4) is 0 Å². The molecule has 0 bridgehead atoms. The van der Waals surface area contributed by atoms with Gasteiger partial charge in [0.05, 0.1) is 5.01 Å². The van der Waals surface area contributed by atoms with E-state index in [1.165, 1.54) is 16.7 Å². The molecule has 1 fully saturated rings. The van der Waals surface area contributed by atoms with Crippen molar-refractivity contribution in [3.05, 3.63) is 16.1 Å². The van der Waals surface area contributed by atoms with Gasteiger partial charge in [0.1, 0.15) is 5.60 Å². The van der Waals surface area contributed by atoms with Crippen LogP contribution in [-0.2, 0) is 4.74 Å². The van der Waals surface area contributed by atoms with Crippen LogP contribution in [0, 0.1) is 0 Å². The second-order valence-corrected chi connectivity index (χ2v) is 6.68. The van der Waals surface area contributed by atoms with Gasteiger partial charge in [-0.25, -0.2) is 14.6 Å². The Kier molecular flexibility index (Phi) is 3.99. The van der Waals surface area contributed by atoms with Crippen molar-refractivity contribution in [2.45, 2.75) is 38.7 Å². The summed E-state index contributed by atoms with van der Waals surface area (Å²) in [4.78, 5) is 28.5. The lowest BCUT2D eigenvalue weighted by molar-refractivity contribution is 0.0292. The summed E-state index contributed by atoms with van der Waals surface area (Å²) in [6.45, 7) is 6.64. The average Bonchev–Trinajstić information content (AvgIpc) is 2.95. The van der Waals surface area contributed by atoms with Crippen molar-refractivity contribution >= 4 is 23.4 Å². The SMILES string of the molecule is CC(C)(C)OC(=O)N1CCC(c2nc(C(=O)O)cs2)C1. The quantitative estimate of drug-likeness (QED) is 0.907. The number of thiazole rings is 1. The van der Waals surface area contributed by atoms with Gasteiger partial charge in [0.15, 0.2) is 5.69 Å². The number of rotatable bonds is 2. The van der Waals surface area contributed by atoms with Crippen molar-refractivity contribution in [3.63, 3.8) is 0 Å². The fourth-order valence-corrected chi connectivity index (χ4v) is 2.95. The standard InChI is InChI=1S/C13H18N2O4S/c1-13(2,3)19-12(18)15-5-4-8(6-15)10-14-9(7-20-10)11(16)17/h7-8H,4-6H2,1-3H3,(H,16,17). The molecule has 1 aliphatic rings. The maximum atomic E-state index is 11.9. The maximum absolute atomic E-state index is 11.9. The van der Waals surface area contributed by atoms with Crippen molar-refractivity contribution in [1.82, 2.24) is 9.88 Å². The number of carbonyl (C=O) groups excluding carboxylic acids is 1. The molecular formula is C13H18N2O4S. The predicted octanol–water partition coefficient (Wildman–Crippen LogP) is 2.57. The molecular weight excluding hydrogens is 280 g/mol. The summed E-state index contributed by atoms with van der Waals surface area (Å²) in [5, 5.41) is 11.2. The molecule has 2 rings (SSSR count). The highest BCUT2D eigenvalue weighted by Crippen LogP contribution is 2.30. The average molecular weight is 298 g/mol. The van der Waals surface area contributed by atoms with Crippen molar-refractivity contribution in [2.24, 2.45) is 0 Å². The van der Waals surface area contributed by atoms with Crippen LogP contribution in [0.5, 0.6) is 0 Å². The predicted molar refractivity (Wildman–Crippen MR) is 74.2 cm³/mol. The molecule has 0 aliphatic carbocycles. The third-order valence-electron chi connectivity index (χ3n) is 2.93. The molecule has 1 aromatic heterocycles. The summed E-state index contributed by atoms with van der Waals surface area (Å²) in [5.74, 6) is -0.921. The number of hydrogen-bond acceptors (Lipinski definition) is 5. The van der Waals surface area contributed by atoms with Crippen molar-refractivity contribution in [1.29, 1.82) is 0 Å². The molecule has 1 saturated heterocycles. The van der Waals surface area contributed by atoms with E-state index in [4.69, 9.17) is 9.84 Å². The van der Waals surface area contributed by atoms with Crippen LogP contribution >= 0.6 is 11.3 Å². The molecule has 7 heteroatoms. The molecule has 6 nitrogen and oxygen atoms in total. The number of carboxylic acids is 1. The topological polar surface area (TPSA) is 79.7 Å². The van der Waals surface area contributed by atoms with Crippen LogP contribution in [0.25, 0.3) is 0 Å². The Morgan fingerprint density at radius 2 is 2.20 bits per heavy atom. The third-order valence-corrected chi connectivity index (χ3v) is 3.94. The first-order valence-electron chi connectivity index (χ1n) is 6.43. The minimum Gasteiger partial charge on any atom is -0.476 e. The van der Waals surface area contributed by atoms with Crippen LogP contribution in [0.4, 0.5) is 4.79 Å². The van der Waals surface area contributed by atoms with Crippen molar-refractivity contribution in [3.8, 4) is 0 Å². The zero-order chi connectivity index (χ0) is 14.9. The summed E-state index contributed by atoms with van der Waals surface area (Å²) in [5.41, 5.74) is -0.437. The van der Waals surface area contributed by atoms with Gasteiger partial charge >= 0.3 is 12.1 Å². The first kappa shape index (κ1) is 14.8. The lowest BCUT2D eigenvalue weighted by Crippen LogP contribution is -2.35. The molecule has 1 atom stereocenters. The van der Waals surface area contributed by atoms with Gasteiger partial charge in [0.2, 0.25) is 0 Å². The lowest BCUT2D eigenvalue weighted by Gasteiger charge is -2.24. The number of amides is 1. The fourth-order valence-electron chi connectivity index (χ4n) is 2.03. The number of aromatic nitrogens is 1. The molecule has 1 aromatic rings. The Bertz CT molecular complexity index is 521. The minimum absolute atomic E-state index is 0.0701. The highest BCUT2D eigenvalue weighted by Gasteiger charge is 2.32. The van der Waals surface area contributed by atoms with Crippen LogP contribution in [0.1, 0.15) is 48.6 Å². The van der Waals surface area contributed by atoms with Gasteiger partial charge in [-0.05, 0) is 27.2 Å². The van der Waals surface area contributed by atoms with Gasteiger partial charge < -0.3 is 14.7 Å². The zero-order valence-electron chi connectivity index (χ0n) is 11.8. The third kappa shape index (κ3) is 3.47. The molecule has 110 valence electrons. The zero-order valence-corrected chi connectivity index (χ0v) is 12.6. The summed E-state index contributed by atoms with van der Waals surface area (Å²) in [7, 11) is 0. The highest BCUT2D eigenvalue weighted by atomic mass is 32.1. The maximum Gasteiger partial charge on any atom is 0.410 e. The number of nitrogens with zero attached hydrogens (tertiary/aromatic N) is 2. The van der Waals surface area contributed by atoms with E-state index in [2.05, 4.69) is 4.98 Å². The Labute approximate surface area is 121 Å². The second kappa shape index (κ2) is 5.40. The van der Waals surface area contributed by atoms with Crippen LogP contribution in [-0.4, -0.2) is 45.7 Å². The highest BCUT2D eigenvalue weighted by molar-refractivity contribution is 7.09. The normalized spacial score (nSPS) is 19.1. The minimum atomic E-state index is -1.02. The molecule has 1 unspecified atom stereocenters. The molecule has 1 N–H and O–H groups in total. The number of likely N-dealkylation sites (tertiary alicyclic amines) is 1. The van der Waals surface area contributed by atoms with E-state index in [-0.39, 0.29) is 17.7 Å². The number of carbonyl (C=O) groups is 2. The molecule has 1 aliphatic heterocycles. The van der Waals surface area contributed by atoms with Crippen molar-refractivity contribution in [2.75, 3.05) is 13.1 Å². The summed E-state index contributed by atoms with van der Waals surface area (Å²) < 4.78 is 5.33. The van der Waals surface area contributed by atoms with E-state index < -0.39 is 11.6 Å². The summed E-state index contributed by atoms with van der Waals surface area (Å²) in [6.07, 6.45) is 0.459. The molecule has 0 aromatic carbocycles. The van der Waals surface area contributed by atoms with Crippen LogP contribution in [0.15, 0.2) is 5.38 Å². The van der Waals surface area contributed by atoms with Crippen molar-refractivity contribution < 1.29 is 19.4 Å². The molecule has 0 saturated carbocycles. The van der Waals surface area contributed by atoms with Gasteiger partial charge in [-0.3, -0.25) is 0 Å². The van der Waals surface area contributed by atoms with E-state index in [1.54, 1.807) is 4.90 Å². The van der Waals surface area contributed by atoms with Gasteiger partial charge in [0, 0.05) is 24.4 Å². The number of aromatic carboxylic acids is 1. The Hall–Kier alpha value is -1.63. The van der Waals surface area contributed by atoms with E-state index in [1.807, 2.05) is 20.8 Å². The van der Waals surface area contributed by atoms with Gasteiger partial charge in [-0.15, -0.1) is 11.3 Å². The smallest absolute Gasteiger partial charge is 0.410 e. The van der Waals surface area contributed by atoms with Crippen LogP contribution in [0.2, 0.25) is 0 Å². The Morgan fingerprint density at radius 3 is 2.75 bits per heavy atom. The van der Waals surface area contributed by atoms with E-state index in [0.717, 1.165) is 11.4 Å². The second-order valence-electron chi connectivity index (χ2n) is 5.79. The van der Waals surface area contributed by atoms with Gasteiger partial charge in [-0.1, -0.05) is 0 Å². The number of ether oxygens (including phenoxy) is 1. The monoisotopic (exact) mass is 298 g/mol. The molecule has 0 radical (unpaired) electrons. The van der Waals surface area contributed by atoms with Gasteiger partial charge in [-0.2, -0.15) is 0 Å². The van der Waals surface area contributed by atoms with E-state index in [9.17, 15) is 9.59 Å². The first-order chi connectivity index (χ1) is 9.26. The fraction of sp³-hybridized carbons (Fsp3) is 0.615. The molecule has 1 amide bonds. The van der Waals surface area contributed by atoms with E-state index in [0.29, 0.717) is 13.1 Å². The Balaban J connectivity index is 1.98. The first-order valence-corrected chi connectivity index (χ1v) is 7.31. The van der Waals surface area contributed by atoms with Gasteiger partial charge in [0.25, 0.3) is 0 Å². The lowest BCUT2D eigenvalue weighted by atomic mass is 10.1. The molecule has 20 heavy (non-hydrogen) atoms. The van der Waals surface area contributed by atoms with Crippen LogP contribution < -0.4 is 0 Å². The Morgan fingerprint density at radius 1 is 1.50 bits per heavy atom. The van der Waals surface area contributed by atoms with E-state index >= 15 is 0 Å². The molecule has 0 spiro atoms.